The fourth-order valence-corrected chi connectivity index (χ4v) is 3.04. The minimum Gasteiger partial charge on any atom is -0.491 e. The molecule has 0 aromatic heterocycles. The first-order valence-corrected chi connectivity index (χ1v) is 10.6. The topological polar surface area (TPSA) is 84.9 Å². The van der Waals surface area contributed by atoms with Crippen molar-refractivity contribution in [2.24, 2.45) is 0 Å². The minimum absolute atomic E-state index is 0.0347. The van der Waals surface area contributed by atoms with E-state index in [0.29, 0.717) is 35.8 Å². The smallest absolute Gasteiger partial charge is 0.303 e. The normalized spacial score (nSPS) is 10.4. The summed E-state index contributed by atoms with van der Waals surface area (Å²) < 4.78 is 11.4. The monoisotopic (exact) mass is 433 g/mol. The van der Waals surface area contributed by atoms with Gasteiger partial charge < -0.3 is 19.9 Å². The highest BCUT2D eigenvalue weighted by Crippen LogP contribution is 2.25. The number of carbonyl (C=O) groups is 2. The lowest BCUT2D eigenvalue weighted by Gasteiger charge is -2.12. The number of aliphatic carboxylic acids is 1. The fraction of sp³-hybridized carbons (Fsp3) is 0.231. The van der Waals surface area contributed by atoms with Crippen LogP contribution < -0.4 is 14.8 Å². The van der Waals surface area contributed by atoms with E-state index in [9.17, 15) is 9.59 Å². The van der Waals surface area contributed by atoms with Crippen molar-refractivity contribution in [3.63, 3.8) is 0 Å². The second-order valence-corrected chi connectivity index (χ2v) is 7.28. The van der Waals surface area contributed by atoms with Crippen LogP contribution in [0.5, 0.6) is 11.5 Å². The molecule has 0 saturated carbocycles. The van der Waals surface area contributed by atoms with Crippen molar-refractivity contribution >= 4 is 17.6 Å². The number of anilines is 1. The summed E-state index contributed by atoms with van der Waals surface area (Å²) in [6.45, 7) is 2.84. The molecule has 6 nitrogen and oxygen atoms in total. The van der Waals surface area contributed by atoms with Crippen molar-refractivity contribution in [1.29, 1.82) is 0 Å². The van der Waals surface area contributed by atoms with Crippen molar-refractivity contribution in [2.75, 3.05) is 11.9 Å². The molecule has 0 saturated heterocycles. The molecule has 0 spiro atoms. The average molecular weight is 434 g/mol. The van der Waals surface area contributed by atoms with E-state index in [0.717, 1.165) is 12.0 Å². The van der Waals surface area contributed by atoms with Crippen LogP contribution in [0.4, 0.5) is 5.69 Å². The van der Waals surface area contributed by atoms with Crippen LogP contribution in [-0.4, -0.2) is 23.6 Å². The van der Waals surface area contributed by atoms with Crippen LogP contribution in [0.3, 0.4) is 0 Å². The Morgan fingerprint density at radius 2 is 1.56 bits per heavy atom. The van der Waals surface area contributed by atoms with Gasteiger partial charge in [-0.05, 0) is 60.4 Å². The number of hydrogen-bond donors (Lipinski definition) is 2. The number of amides is 1. The standard InChI is InChI=1S/C26H27NO5/c1-2-19-9-11-20(12-10-19)18-32-22-15-13-21(14-16-22)26(30)27-23-6-3-4-7-24(23)31-17-5-8-25(28)29/h3-4,6-7,9-16H,2,5,8,17-18H2,1H3,(H,27,30)(H,28,29). The molecule has 166 valence electrons. The third-order valence-corrected chi connectivity index (χ3v) is 4.88. The van der Waals surface area contributed by atoms with Crippen molar-refractivity contribution in [1.82, 2.24) is 0 Å². The molecule has 1 amide bonds. The molecule has 2 N–H and O–H groups in total. The third kappa shape index (κ3) is 6.87. The summed E-state index contributed by atoms with van der Waals surface area (Å²) in [5.41, 5.74) is 3.40. The lowest BCUT2D eigenvalue weighted by atomic mass is 10.1. The van der Waals surface area contributed by atoms with Crippen LogP contribution in [0.2, 0.25) is 0 Å². The Hall–Kier alpha value is -3.80. The van der Waals surface area contributed by atoms with E-state index in [-0.39, 0.29) is 18.9 Å². The van der Waals surface area contributed by atoms with Gasteiger partial charge in [0.2, 0.25) is 0 Å². The molecule has 3 aromatic carbocycles. The molecular weight excluding hydrogens is 406 g/mol. The summed E-state index contributed by atoms with van der Waals surface area (Å²) in [5, 5.41) is 11.6. The summed E-state index contributed by atoms with van der Waals surface area (Å²) in [7, 11) is 0. The summed E-state index contributed by atoms with van der Waals surface area (Å²) >= 11 is 0. The summed E-state index contributed by atoms with van der Waals surface area (Å²) in [4.78, 5) is 23.3. The van der Waals surface area contributed by atoms with Gasteiger partial charge in [0, 0.05) is 12.0 Å². The number of aryl methyl sites for hydroxylation is 1. The van der Waals surface area contributed by atoms with Crippen molar-refractivity contribution < 1.29 is 24.2 Å². The van der Waals surface area contributed by atoms with Gasteiger partial charge in [0.05, 0.1) is 12.3 Å². The second kappa shape index (κ2) is 11.6. The van der Waals surface area contributed by atoms with Gasteiger partial charge in [-0.3, -0.25) is 9.59 Å². The Morgan fingerprint density at radius 1 is 0.875 bits per heavy atom. The first kappa shape index (κ1) is 22.9. The summed E-state index contributed by atoms with van der Waals surface area (Å²) in [6, 6.07) is 22.3. The van der Waals surface area contributed by atoms with E-state index in [1.165, 1.54) is 5.56 Å². The summed E-state index contributed by atoms with van der Waals surface area (Å²) in [5.74, 6) is 0.0499. The van der Waals surface area contributed by atoms with Crippen LogP contribution in [0.1, 0.15) is 41.3 Å². The van der Waals surface area contributed by atoms with Gasteiger partial charge in [-0.1, -0.05) is 43.3 Å². The SMILES string of the molecule is CCc1ccc(COc2ccc(C(=O)Nc3ccccc3OCCCC(=O)O)cc2)cc1. The zero-order chi connectivity index (χ0) is 22.8. The van der Waals surface area contributed by atoms with Crippen molar-refractivity contribution in [3.8, 4) is 11.5 Å². The molecule has 32 heavy (non-hydrogen) atoms. The maximum absolute atomic E-state index is 12.7. The molecule has 3 rings (SSSR count). The van der Waals surface area contributed by atoms with Crippen LogP contribution in [0.15, 0.2) is 72.8 Å². The minimum atomic E-state index is -0.864. The Balaban J connectivity index is 1.55. The number of carboxylic acids is 1. The first-order valence-electron chi connectivity index (χ1n) is 10.6. The molecule has 0 fully saturated rings. The van der Waals surface area contributed by atoms with Gasteiger partial charge in [-0.15, -0.1) is 0 Å². The second-order valence-electron chi connectivity index (χ2n) is 7.28. The molecule has 0 aliphatic rings. The lowest BCUT2D eigenvalue weighted by Crippen LogP contribution is -2.13. The number of hydrogen-bond acceptors (Lipinski definition) is 4. The Labute approximate surface area is 187 Å². The van der Waals surface area contributed by atoms with Crippen molar-refractivity contribution in [2.45, 2.75) is 32.8 Å². The molecule has 3 aromatic rings. The van der Waals surface area contributed by atoms with Crippen LogP contribution in [0.25, 0.3) is 0 Å². The number of nitrogens with one attached hydrogen (secondary N) is 1. The number of benzene rings is 3. The average Bonchev–Trinajstić information content (AvgIpc) is 2.82. The van der Waals surface area contributed by atoms with Crippen molar-refractivity contribution in [3.05, 3.63) is 89.5 Å². The van der Waals surface area contributed by atoms with Crippen LogP contribution in [-0.2, 0) is 17.8 Å². The van der Waals surface area contributed by atoms with Crippen LogP contribution >= 0.6 is 0 Å². The van der Waals surface area contributed by atoms with Crippen LogP contribution in [0, 0.1) is 0 Å². The molecule has 0 aliphatic heterocycles. The maximum atomic E-state index is 12.7. The fourth-order valence-electron chi connectivity index (χ4n) is 3.04. The van der Waals surface area contributed by atoms with E-state index in [2.05, 4.69) is 36.5 Å². The quantitative estimate of drug-likeness (QED) is 0.400. The highest BCUT2D eigenvalue weighted by Gasteiger charge is 2.10. The van der Waals surface area contributed by atoms with Gasteiger partial charge in [0.25, 0.3) is 5.91 Å². The molecule has 0 radical (unpaired) electrons. The van der Waals surface area contributed by atoms with Gasteiger partial charge in [0.15, 0.2) is 0 Å². The van der Waals surface area contributed by atoms with Gasteiger partial charge in [-0.25, -0.2) is 0 Å². The number of carbonyl (C=O) groups excluding carboxylic acids is 1. The molecule has 0 bridgehead atoms. The zero-order valence-corrected chi connectivity index (χ0v) is 18.0. The number of carboxylic acid groups (broad SMARTS) is 1. The maximum Gasteiger partial charge on any atom is 0.303 e. The number of para-hydroxylation sites is 2. The molecule has 6 heteroatoms. The molecule has 0 unspecified atom stereocenters. The first-order chi connectivity index (χ1) is 15.5. The van der Waals surface area contributed by atoms with Gasteiger partial charge in [-0.2, -0.15) is 0 Å². The molecule has 0 atom stereocenters. The van der Waals surface area contributed by atoms with E-state index >= 15 is 0 Å². The summed E-state index contributed by atoms with van der Waals surface area (Å²) in [6.07, 6.45) is 1.43. The Morgan fingerprint density at radius 3 is 2.25 bits per heavy atom. The number of rotatable bonds is 11. The Bertz CT molecular complexity index is 1030. The highest BCUT2D eigenvalue weighted by molar-refractivity contribution is 6.05. The molecule has 0 aliphatic carbocycles. The Kier molecular flexibility index (Phi) is 8.26. The van der Waals surface area contributed by atoms with Gasteiger partial charge >= 0.3 is 5.97 Å². The highest BCUT2D eigenvalue weighted by atomic mass is 16.5. The zero-order valence-electron chi connectivity index (χ0n) is 18.0. The molecule has 0 heterocycles. The third-order valence-electron chi connectivity index (χ3n) is 4.88. The van der Waals surface area contributed by atoms with Gasteiger partial charge in [0.1, 0.15) is 18.1 Å². The largest absolute Gasteiger partial charge is 0.491 e. The van der Waals surface area contributed by atoms with E-state index < -0.39 is 5.97 Å². The van der Waals surface area contributed by atoms with E-state index in [1.807, 2.05) is 0 Å². The predicted octanol–water partition coefficient (Wildman–Crippen LogP) is 5.32. The number of ether oxygens (including phenoxy) is 2. The lowest BCUT2D eigenvalue weighted by molar-refractivity contribution is -0.137. The van der Waals surface area contributed by atoms with E-state index in [4.69, 9.17) is 14.6 Å². The predicted molar refractivity (Wildman–Crippen MR) is 123 cm³/mol. The molecular formula is C26H27NO5. The van der Waals surface area contributed by atoms with E-state index in [1.54, 1.807) is 48.5 Å².